The molecule has 32 heavy (non-hydrogen) atoms. The molecule has 0 unspecified atom stereocenters. The predicted octanol–water partition coefficient (Wildman–Crippen LogP) is 5.02. The van der Waals surface area contributed by atoms with Crippen molar-refractivity contribution in [3.05, 3.63) is 59.4 Å². The minimum absolute atomic E-state index is 0.0622. The Bertz CT molecular complexity index is 989. The van der Waals surface area contributed by atoms with Gasteiger partial charge in [0.15, 0.2) is 0 Å². The van der Waals surface area contributed by atoms with E-state index in [1.54, 1.807) is 0 Å². The average Bonchev–Trinajstić information content (AvgIpc) is 3.14. The SMILES string of the molecule is COCC(=O)NCCCCCc1nc2ccccc2n1CCCCOc1ccccc1Cl. The van der Waals surface area contributed by atoms with Gasteiger partial charge in [-0.3, -0.25) is 4.79 Å². The van der Waals surface area contributed by atoms with Gasteiger partial charge in [0.1, 0.15) is 18.2 Å². The molecule has 172 valence electrons. The fraction of sp³-hybridized carbons (Fsp3) is 0.440. The molecule has 0 aliphatic heterocycles. The molecule has 0 aliphatic rings. The number of carbonyl (C=O) groups excluding carboxylic acids is 1. The molecule has 1 aromatic heterocycles. The van der Waals surface area contributed by atoms with Gasteiger partial charge in [-0.1, -0.05) is 42.3 Å². The van der Waals surface area contributed by atoms with Crippen molar-refractivity contribution in [3.8, 4) is 5.75 Å². The number of aryl methyl sites for hydroxylation is 2. The van der Waals surface area contributed by atoms with Gasteiger partial charge < -0.3 is 19.4 Å². The van der Waals surface area contributed by atoms with E-state index in [2.05, 4.69) is 28.1 Å². The second-order valence-corrected chi connectivity index (χ2v) is 8.16. The lowest BCUT2D eigenvalue weighted by atomic mass is 10.2. The van der Waals surface area contributed by atoms with Crippen molar-refractivity contribution < 1.29 is 14.3 Å². The Kier molecular flexibility index (Phi) is 9.85. The molecule has 0 fully saturated rings. The zero-order valence-corrected chi connectivity index (χ0v) is 19.4. The Morgan fingerprint density at radius 3 is 2.69 bits per heavy atom. The fourth-order valence-corrected chi connectivity index (χ4v) is 3.87. The number of hydrogen-bond acceptors (Lipinski definition) is 4. The van der Waals surface area contributed by atoms with Gasteiger partial charge in [-0.15, -0.1) is 0 Å². The van der Waals surface area contributed by atoms with Crippen LogP contribution in [-0.4, -0.2) is 42.3 Å². The van der Waals surface area contributed by atoms with Crippen LogP contribution >= 0.6 is 11.6 Å². The lowest BCUT2D eigenvalue weighted by Gasteiger charge is -2.11. The minimum Gasteiger partial charge on any atom is -0.492 e. The first-order valence-corrected chi connectivity index (χ1v) is 11.6. The van der Waals surface area contributed by atoms with E-state index in [-0.39, 0.29) is 12.5 Å². The fourth-order valence-electron chi connectivity index (χ4n) is 3.68. The van der Waals surface area contributed by atoms with Crippen LogP contribution in [0.2, 0.25) is 5.02 Å². The molecule has 0 aliphatic carbocycles. The summed E-state index contributed by atoms with van der Waals surface area (Å²) in [4.78, 5) is 16.3. The summed E-state index contributed by atoms with van der Waals surface area (Å²) >= 11 is 6.15. The summed E-state index contributed by atoms with van der Waals surface area (Å²) in [6, 6.07) is 15.9. The van der Waals surface area contributed by atoms with E-state index < -0.39 is 0 Å². The zero-order chi connectivity index (χ0) is 22.6. The maximum Gasteiger partial charge on any atom is 0.245 e. The number of unbranched alkanes of at least 4 members (excludes halogenated alkanes) is 3. The maximum atomic E-state index is 11.4. The highest BCUT2D eigenvalue weighted by molar-refractivity contribution is 6.32. The summed E-state index contributed by atoms with van der Waals surface area (Å²) in [5.74, 6) is 1.80. The van der Waals surface area contributed by atoms with E-state index in [0.29, 0.717) is 18.2 Å². The molecule has 1 heterocycles. The number of hydrogen-bond donors (Lipinski definition) is 1. The molecule has 7 heteroatoms. The third-order valence-corrected chi connectivity index (χ3v) is 5.59. The predicted molar refractivity (Wildman–Crippen MR) is 128 cm³/mol. The Labute approximate surface area is 194 Å². The monoisotopic (exact) mass is 457 g/mol. The van der Waals surface area contributed by atoms with Gasteiger partial charge >= 0.3 is 0 Å². The average molecular weight is 458 g/mol. The van der Waals surface area contributed by atoms with Gasteiger partial charge in [-0.05, 0) is 49.9 Å². The van der Waals surface area contributed by atoms with Crippen molar-refractivity contribution in [2.24, 2.45) is 0 Å². The van der Waals surface area contributed by atoms with E-state index in [0.717, 1.165) is 62.2 Å². The van der Waals surface area contributed by atoms with Crippen molar-refractivity contribution in [1.82, 2.24) is 14.9 Å². The molecule has 2 aromatic carbocycles. The number of nitrogens with one attached hydrogen (secondary N) is 1. The number of benzene rings is 2. The number of rotatable bonds is 14. The summed E-state index contributed by atoms with van der Waals surface area (Å²) in [5, 5.41) is 3.51. The van der Waals surface area contributed by atoms with Crippen molar-refractivity contribution in [1.29, 1.82) is 0 Å². The second-order valence-electron chi connectivity index (χ2n) is 7.75. The number of halogens is 1. The molecule has 0 atom stereocenters. The van der Waals surface area contributed by atoms with Crippen LogP contribution in [0.4, 0.5) is 0 Å². The normalized spacial score (nSPS) is 11.1. The summed E-state index contributed by atoms with van der Waals surface area (Å²) in [7, 11) is 1.53. The number of carbonyl (C=O) groups is 1. The molecule has 0 saturated carbocycles. The van der Waals surface area contributed by atoms with Gasteiger partial charge in [0.2, 0.25) is 5.91 Å². The van der Waals surface area contributed by atoms with E-state index in [1.165, 1.54) is 12.6 Å². The molecular formula is C25H32ClN3O3. The Balaban J connectivity index is 1.46. The van der Waals surface area contributed by atoms with Crippen LogP contribution in [0.15, 0.2) is 48.5 Å². The summed E-state index contributed by atoms with van der Waals surface area (Å²) < 4.78 is 13.0. The van der Waals surface area contributed by atoms with Crippen LogP contribution in [-0.2, 0) is 22.5 Å². The van der Waals surface area contributed by atoms with Crippen molar-refractivity contribution in [2.75, 3.05) is 26.9 Å². The van der Waals surface area contributed by atoms with Gasteiger partial charge in [-0.25, -0.2) is 4.98 Å². The molecule has 0 bridgehead atoms. The second kappa shape index (κ2) is 13.1. The summed E-state index contributed by atoms with van der Waals surface area (Å²) in [5.41, 5.74) is 2.22. The van der Waals surface area contributed by atoms with Crippen molar-refractivity contribution in [2.45, 2.75) is 45.1 Å². The van der Waals surface area contributed by atoms with E-state index in [9.17, 15) is 4.79 Å². The number of methoxy groups -OCH3 is 1. The molecule has 3 aromatic rings. The molecule has 0 spiro atoms. The highest BCUT2D eigenvalue weighted by Crippen LogP contribution is 2.23. The number of amides is 1. The van der Waals surface area contributed by atoms with Gasteiger partial charge in [0.25, 0.3) is 0 Å². The van der Waals surface area contributed by atoms with Gasteiger partial charge in [-0.2, -0.15) is 0 Å². The van der Waals surface area contributed by atoms with Crippen molar-refractivity contribution in [3.63, 3.8) is 0 Å². The van der Waals surface area contributed by atoms with Crippen LogP contribution < -0.4 is 10.1 Å². The lowest BCUT2D eigenvalue weighted by molar-refractivity contribution is -0.124. The standard InChI is InChI=1S/C25H32ClN3O3/c1-31-19-25(30)27-16-8-2-3-15-24-28-21-12-5-6-13-22(21)29(24)17-9-10-18-32-23-14-7-4-11-20(23)26/h4-7,11-14H,2-3,8-10,15-19H2,1H3,(H,27,30). The highest BCUT2D eigenvalue weighted by atomic mass is 35.5. The maximum absolute atomic E-state index is 11.4. The first-order chi connectivity index (χ1) is 15.7. The molecule has 1 N–H and O–H groups in total. The largest absolute Gasteiger partial charge is 0.492 e. The first kappa shape index (κ1) is 24.1. The summed E-state index contributed by atoms with van der Waals surface area (Å²) in [6.07, 6.45) is 5.91. The number of ether oxygens (including phenoxy) is 2. The van der Waals surface area contributed by atoms with Crippen LogP contribution in [0.5, 0.6) is 5.75 Å². The Hall–Kier alpha value is -2.57. The topological polar surface area (TPSA) is 65.4 Å². The van der Waals surface area contributed by atoms with E-state index in [4.69, 9.17) is 26.1 Å². The third-order valence-electron chi connectivity index (χ3n) is 5.28. The van der Waals surface area contributed by atoms with Crippen LogP contribution in [0, 0.1) is 0 Å². The van der Waals surface area contributed by atoms with Crippen molar-refractivity contribution >= 4 is 28.5 Å². The first-order valence-electron chi connectivity index (χ1n) is 11.3. The van der Waals surface area contributed by atoms with Crippen LogP contribution in [0.25, 0.3) is 11.0 Å². The number of nitrogens with zero attached hydrogens (tertiary/aromatic N) is 2. The number of imidazole rings is 1. The summed E-state index contributed by atoms with van der Waals surface area (Å²) in [6.45, 7) is 2.35. The number of para-hydroxylation sites is 3. The highest BCUT2D eigenvalue weighted by Gasteiger charge is 2.10. The molecule has 1 amide bonds. The minimum atomic E-state index is -0.0622. The molecule has 3 rings (SSSR count). The number of fused-ring (bicyclic) bond motifs is 1. The Morgan fingerprint density at radius 2 is 1.84 bits per heavy atom. The number of aromatic nitrogens is 2. The quantitative estimate of drug-likeness (QED) is 0.345. The lowest BCUT2D eigenvalue weighted by Crippen LogP contribution is -2.27. The van der Waals surface area contributed by atoms with Crippen LogP contribution in [0.1, 0.15) is 37.9 Å². The zero-order valence-electron chi connectivity index (χ0n) is 18.7. The molecule has 6 nitrogen and oxygen atoms in total. The van der Waals surface area contributed by atoms with E-state index in [1.807, 2.05) is 30.3 Å². The van der Waals surface area contributed by atoms with Gasteiger partial charge in [0.05, 0.1) is 22.7 Å². The van der Waals surface area contributed by atoms with Gasteiger partial charge in [0, 0.05) is 26.6 Å². The smallest absolute Gasteiger partial charge is 0.245 e. The Morgan fingerprint density at radius 1 is 1.03 bits per heavy atom. The third kappa shape index (κ3) is 7.24. The molecular weight excluding hydrogens is 426 g/mol. The van der Waals surface area contributed by atoms with Crippen LogP contribution in [0.3, 0.4) is 0 Å². The molecule has 0 saturated heterocycles. The molecule has 0 radical (unpaired) electrons. The van der Waals surface area contributed by atoms with E-state index >= 15 is 0 Å².